The molecule has 0 saturated heterocycles. The van der Waals surface area contributed by atoms with Gasteiger partial charge in [-0.2, -0.15) is 10.4 Å². The summed E-state index contributed by atoms with van der Waals surface area (Å²) in [7, 11) is 0. The highest BCUT2D eigenvalue weighted by atomic mass is 16.1. The van der Waals surface area contributed by atoms with Gasteiger partial charge in [-0.15, -0.1) is 0 Å². The van der Waals surface area contributed by atoms with E-state index in [-0.39, 0.29) is 5.57 Å². The number of nitriles is 1. The van der Waals surface area contributed by atoms with Gasteiger partial charge in [0.25, 0.3) is 5.91 Å². The van der Waals surface area contributed by atoms with Crippen LogP contribution in [-0.2, 0) is 4.79 Å². The van der Waals surface area contributed by atoms with Gasteiger partial charge in [-0.05, 0) is 29.3 Å². The third-order valence-electron chi connectivity index (χ3n) is 4.71. The lowest BCUT2D eigenvalue weighted by molar-refractivity contribution is -0.114. The van der Waals surface area contributed by atoms with E-state index in [1.54, 1.807) is 10.9 Å². The maximum atomic E-state index is 11.6. The average Bonchev–Trinajstić information content (AvgIpc) is 3.22. The van der Waals surface area contributed by atoms with E-state index in [0.29, 0.717) is 11.3 Å². The number of nitrogens with two attached hydrogens (primary N) is 1. The minimum Gasteiger partial charge on any atom is -0.365 e. The van der Waals surface area contributed by atoms with Gasteiger partial charge in [-0.3, -0.25) is 4.79 Å². The normalized spacial score (nSPS) is 11.1. The summed E-state index contributed by atoms with van der Waals surface area (Å²) >= 11 is 0. The van der Waals surface area contributed by atoms with Gasteiger partial charge in [0, 0.05) is 17.3 Å². The molecule has 5 heteroatoms. The van der Waals surface area contributed by atoms with Gasteiger partial charge in [-0.1, -0.05) is 72.8 Å². The number of benzene rings is 3. The smallest absolute Gasteiger partial charge is 0.259 e. The van der Waals surface area contributed by atoms with Crippen LogP contribution in [0.2, 0.25) is 0 Å². The fourth-order valence-corrected chi connectivity index (χ4v) is 3.20. The zero-order valence-electron chi connectivity index (χ0n) is 16.1. The molecule has 0 unspecified atom stereocenters. The molecule has 0 bridgehead atoms. The fraction of sp³-hybridized carbons (Fsp3) is 0. The Labute approximate surface area is 174 Å². The monoisotopic (exact) mass is 390 g/mol. The first-order chi connectivity index (χ1) is 14.7. The van der Waals surface area contributed by atoms with Crippen molar-refractivity contribution >= 4 is 12.0 Å². The summed E-state index contributed by atoms with van der Waals surface area (Å²) in [6, 6.07) is 29.6. The molecule has 4 aromatic rings. The number of aromatic nitrogens is 2. The Hall–Kier alpha value is -4.43. The second kappa shape index (κ2) is 8.29. The third-order valence-corrected chi connectivity index (χ3v) is 4.71. The highest BCUT2D eigenvalue weighted by molar-refractivity contribution is 6.01. The van der Waals surface area contributed by atoms with E-state index in [9.17, 15) is 10.1 Å². The molecule has 0 aliphatic heterocycles. The molecule has 144 valence electrons. The van der Waals surface area contributed by atoms with Gasteiger partial charge < -0.3 is 5.73 Å². The van der Waals surface area contributed by atoms with E-state index in [1.807, 2.05) is 78.9 Å². The summed E-state index contributed by atoms with van der Waals surface area (Å²) in [5, 5.41) is 14.0. The van der Waals surface area contributed by atoms with Crippen LogP contribution in [0.25, 0.3) is 34.1 Å². The Morgan fingerprint density at radius 2 is 1.43 bits per heavy atom. The van der Waals surface area contributed by atoms with Crippen LogP contribution < -0.4 is 5.73 Å². The first-order valence-electron chi connectivity index (χ1n) is 9.38. The Balaban J connectivity index is 1.81. The number of primary amides is 1. The average molecular weight is 390 g/mol. The number of para-hydroxylation sites is 1. The molecule has 4 rings (SSSR count). The van der Waals surface area contributed by atoms with Crippen molar-refractivity contribution in [2.45, 2.75) is 0 Å². The molecule has 30 heavy (non-hydrogen) atoms. The second-order valence-corrected chi connectivity index (χ2v) is 6.69. The Bertz CT molecular complexity index is 1250. The summed E-state index contributed by atoms with van der Waals surface area (Å²) in [4.78, 5) is 11.6. The van der Waals surface area contributed by atoms with Crippen LogP contribution in [0.15, 0.2) is 96.7 Å². The lowest BCUT2D eigenvalue weighted by Gasteiger charge is -2.04. The number of nitrogens with zero attached hydrogens (tertiary/aromatic N) is 3. The molecule has 0 saturated carbocycles. The molecule has 1 heterocycles. The minimum atomic E-state index is -0.768. The van der Waals surface area contributed by atoms with Crippen molar-refractivity contribution in [2.24, 2.45) is 5.73 Å². The number of amides is 1. The Kier molecular flexibility index (Phi) is 5.23. The summed E-state index contributed by atoms with van der Waals surface area (Å²) in [6.07, 6.45) is 3.27. The molecule has 5 nitrogen and oxygen atoms in total. The first kappa shape index (κ1) is 18.9. The predicted octanol–water partition coefficient (Wildman–Crippen LogP) is 4.60. The quantitative estimate of drug-likeness (QED) is 0.399. The van der Waals surface area contributed by atoms with Crippen LogP contribution in [0, 0.1) is 11.3 Å². The van der Waals surface area contributed by atoms with E-state index in [4.69, 9.17) is 10.8 Å². The molecular formula is C25H18N4O. The topological polar surface area (TPSA) is 84.7 Å². The van der Waals surface area contributed by atoms with E-state index in [0.717, 1.165) is 22.4 Å². The van der Waals surface area contributed by atoms with Crippen LogP contribution in [0.1, 0.15) is 5.56 Å². The van der Waals surface area contributed by atoms with Gasteiger partial charge in [0.05, 0.1) is 11.4 Å². The van der Waals surface area contributed by atoms with Gasteiger partial charge >= 0.3 is 0 Å². The van der Waals surface area contributed by atoms with Crippen LogP contribution in [0.3, 0.4) is 0 Å². The van der Waals surface area contributed by atoms with Gasteiger partial charge in [0.15, 0.2) is 0 Å². The van der Waals surface area contributed by atoms with Gasteiger partial charge in [0.1, 0.15) is 11.6 Å². The van der Waals surface area contributed by atoms with E-state index in [1.165, 1.54) is 6.08 Å². The van der Waals surface area contributed by atoms with Crippen molar-refractivity contribution in [1.29, 1.82) is 5.26 Å². The maximum absolute atomic E-state index is 11.6. The third kappa shape index (κ3) is 3.89. The number of hydrogen-bond donors (Lipinski definition) is 1. The predicted molar refractivity (Wildman–Crippen MR) is 117 cm³/mol. The zero-order valence-corrected chi connectivity index (χ0v) is 16.1. The molecule has 1 aromatic heterocycles. The Morgan fingerprint density at radius 1 is 0.867 bits per heavy atom. The molecule has 1 amide bonds. The molecular weight excluding hydrogens is 372 g/mol. The van der Waals surface area contributed by atoms with Crippen molar-refractivity contribution < 1.29 is 4.79 Å². The molecule has 0 fully saturated rings. The van der Waals surface area contributed by atoms with E-state index < -0.39 is 5.91 Å². The molecule has 3 aromatic carbocycles. The molecule has 0 radical (unpaired) electrons. The van der Waals surface area contributed by atoms with Crippen molar-refractivity contribution in [3.63, 3.8) is 0 Å². The minimum absolute atomic E-state index is 0.121. The van der Waals surface area contributed by atoms with E-state index in [2.05, 4.69) is 12.1 Å². The largest absolute Gasteiger partial charge is 0.365 e. The van der Waals surface area contributed by atoms with Crippen molar-refractivity contribution in [3.05, 3.63) is 102 Å². The molecule has 2 N–H and O–H groups in total. The highest BCUT2D eigenvalue weighted by Gasteiger charge is 2.14. The number of carbonyl (C=O) groups is 1. The maximum Gasteiger partial charge on any atom is 0.259 e. The molecule has 0 spiro atoms. The Morgan fingerprint density at radius 3 is 2.03 bits per heavy atom. The number of carbonyl (C=O) groups excluding carboxylic acids is 1. The SMILES string of the molecule is N#CC(=Cc1cn(-c2ccccc2)nc1-c1ccc(-c2ccccc2)cc1)C(N)=O. The highest BCUT2D eigenvalue weighted by Crippen LogP contribution is 2.28. The standard InChI is InChI=1S/C25H18N4O/c26-16-21(25(27)30)15-22-17-29(23-9-5-2-6-10-23)28-24(22)20-13-11-19(12-14-20)18-7-3-1-4-8-18/h1-15,17H,(H2,27,30). The number of hydrogen-bond acceptors (Lipinski definition) is 3. The lowest BCUT2D eigenvalue weighted by atomic mass is 10.0. The molecule has 0 aliphatic carbocycles. The zero-order chi connectivity index (χ0) is 20.9. The van der Waals surface area contributed by atoms with Crippen molar-refractivity contribution in [2.75, 3.05) is 0 Å². The van der Waals surface area contributed by atoms with E-state index >= 15 is 0 Å². The summed E-state index contributed by atoms with van der Waals surface area (Å²) in [5.41, 5.74) is 10.5. The van der Waals surface area contributed by atoms with Crippen molar-refractivity contribution in [3.8, 4) is 34.1 Å². The van der Waals surface area contributed by atoms with Crippen LogP contribution in [0.5, 0.6) is 0 Å². The first-order valence-corrected chi connectivity index (χ1v) is 9.38. The summed E-state index contributed by atoms with van der Waals surface area (Å²) < 4.78 is 1.72. The lowest BCUT2D eigenvalue weighted by Crippen LogP contribution is -2.12. The summed E-state index contributed by atoms with van der Waals surface area (Å²) in [5.74, 6) is -0.768. The molecule has 0 atom stereocenters. The number of rotatable bonds is 5. The van der Waals surface area contributed by atoms with Gasteiger partial charge in [0.2, 0.25) is 0 Å². The second-order valence-electron chi connectivity index (χ2n) is 6.69. The fourth-order valence-electron chi connectivity index (χ4n) is 3.20. The van der Waals surface area contributed by atoms with Crippen LogP contribution in [0.4, 0.5) is 0 Å². The van der Waals surface area contributed by atoms with Gasteiger partial charge in [-0.25, -0.2) is 4.68 Å². The molecule has 0 aliphatic rings. The summed E-state index contributed by atoms with van der Waals surface area (Å²) in [6.45, 7) is 0. The van der Waals surface area contributed by atoms with Crippen molar-refractivity contribution in [1.82, 2.24) is 9.78 Å². The van der Waals surface area contributed by atoms with Crippen LogP contribution >= 0.6 is 0 Å². The van der Waals surface area contributed by atoms with Crippen LogP contribution in [-0.4, -0.2) is 15.7 Å².